The molecule has 0 radical (unpaired) electrons. The molecule has 3 aromatic carbocycles. The Hall–Kier alpha value is -3.83. The second kappa shape index (κ2) is 12.3. The van der Waals surface area contributed by atoms with Crippen molar-refractivity contribution in [1.29, 1.82) is 0 Å². The lowest BCUT2D eigenvalue weighted by molar-refractivity contribution is 0.0696. The van der Waals surface area contributed by atoms with Crippen molar-refractivity contribution < 1.29 is 35.8 Å². The van der Waals surface area contributed by atoms with Crippen LogP contribution in [0.4, 0.5) is 0 Å². The van der Waals surface area contributed by atoms with Crippen LogP contribution in [0.15, 0.2) is 100 Å². The third kappa shape index (κ3) is 7.10. The van der Waals surface area contributed by atoms with E-state index in [1.54, 1.807) is 24.3 Å². The van der Waals surface area contributed by atoms with E-state index in [0.717, 1.165) is 33.9 Å². The van der Waals surface area contributed by atoms with Crippen LogP contribution in [0.25, 0.3) is 10.8 Å². The summed E-state index contributed by atoms with van der Waals surface area (Å²) in [5.41, 5.74) is 3.82. The molecule has 0 atom stereocenters. The minimum absolute atomic E-state index is 0.130. The minimum atomic E-state index is -4.81. The first kappa shape index (κ1) is 34.7. The minimum Gasteiger partial charge on any atom is -0.478 e. The van der Waals surface area contributed by atoms with Crippen molar-refractivity contribution in [3.05, 3.63) is 118 Å². The topological polar surface area (TPSA) is 146 Å². The fraction of sp³-hybridized carbons (Fsp3) is 0.265. The Morgan fingerprint density at radius 3 is 1.98 bits per heavy atom. The molecule has 0 fully saturated rings. The zero-order valence-electron chi connectivity index (χ0n) is 25.8. The molecule has 0 aliphatic rings. The fourth-order valence-electron chi connectivity index (χ4n) is 5.33. The van der Waals surface area contributed by atoms with Gasteiger partial charge < -0.3 is 5.11 Å². The number of carboxylic acids is 1. The number of fused-ring (bicyclic) bond motifs is 1. The highest BCUT2D eigenvalue weighted by Gasteiger charge is 2.30. The summed E-state index contributed by atoms with van der Waals surface area (Å²) in [6, 6.07) is 10.2. The van der Waals surface area contributed by atoms with Crippen LogP contribution in [0.2, 0.25) is 0 Å². The maximum Gasteiger partial charge on any atom is 0.335 e. The van der Waals surface area contributed by atoms with E-state index in [0.29, 0.717) is 5.56 Å². The number of aryl methyl sites for hydroxylation is 2. The molecule has 0 aliphatic heterocycles. The Labute approximate surface area is 259 Å². The lowest BCUT2D eigenvalue weighted by Gasteiger charge is -2.30. The monoisotopic (exact) mass is 638 g/mol. The van der Waals surface area contributed by atoms with Gasteiger partial charge in [0, 0.05) is 16.2 Å². The van der Waals surface area contributed by atoms with Crippen LogP contribution in [0.5, 0.6) is 0 Å². The summed E-state index contributed by atoms with van der Waals surface area (Å²) in [5, 5.41) is 9.82. The molecule has 234 valence electrons. The van der Waals surface area contributed by atoms with Gasteiger partial charge in [0.25, 0.3) is 20.2 Å². The number of benzene rings is 3. The van der Waals surface area contributed by atoms with Crippen LogP contribution in [0.1, 0.15) is 67.2 Å². The van der Waals surface area contributed by atoms with E-state index < -0.39 is 46.8 Å². The number of hydrogen-bond donors (Lipinski definition) is 3. The number of rotatable bonds is 10. The molecule has 0 aliphatic carbocycles. The van der Waals surface area contributed by atoms with Gasteiger partial charge in [0.15, 0.2) is 0 Å². The van der Waals surface area contributed by atoms with Crippen molar-refractivity contribution in [2.45, 2.75) is 69.1 Å². The molecule has 3 N–H and O–H groups in total. The van der Waals surface area contributed by atoms with Crippen molar-refractivity contribution in [2.24, 2.45) is 0 Å². The van der Waals surface area contributed by atoms with Gasteiger partial charge in [-0.3, -0.25) is 9.11 Å². The van der Waals surface area contributed by atoms with E-state index in [-0.39, 0.29) is 16.3 Å². The van der Waals surface area contributed by atoms with Crippen molar-refractivity contribution in [3.8, 4) is 0 Å². The Morgan fingerprint density at radius 2 is 1.41 bits per heavy atom. The van der Waals surface area contributed by atoms with Crippen LogP contribution >= 0.6 is 0 Å². The summed E-state index contributed by atoms with van der Waals surface area (Å²) in [6.45, 7) is 17.6. The van der Waals surface area contributed by atoms with E-state index in [1.807, 2.05) is 78.8 Å². The molecule has 0 saturated heterocycles. The molecule has 44 heavy (non-hydrogen) atoms. The molecule has 3 aromatic rings. The van der Waals surface area contributed by atoms with Gasteiger partial charge in [0.05, 0.1) is 10.5 Å². The summed E-state index contributed by atoms with van der Waals surface area (Å²) in [6.07, 6.45) is 9.23. The lowest BCUT2D eigenvalue weighted by Crippen LogP contribution is -2.21. The molecule has 0 saturated carbocycles. The Morgan fingerprint density at radius 1 is 0.795 bits per heavy atom. The molecule has 10 heteroatoms. The Bertz CT molecular complexity index is 1970. The first-order valence-corrected chi connectivity index (χ1v) is 16.6. The molecular formula is C34H38O8S2. The molecular weight excluding hydrogens is 601 g/mol. The number of carboxylic acid groups (broad SMARTS) is 1. The number of hydrogen-bond acceptors (Lipinski definition) is 5. The van der Waals surface area contributed by atoms with Gasteiger partial charge in [-0.25, -0.2) is 4.79 Å². The van der Waals surface area contributed by atoms with Crippen LogP contribution in [0, 0.1) is 13.8 Å². The molecule has 0 unspecified atom stereocenters. The van der Waals surface area contributed by atoms with E-state index in [4.69, 9.17) is 0 Å². The van der Waals surface area contributed by atoms with Gasteiger partial charge in [0.1, 0.15) is 4.90 Å². The number of allylic oxidation sites excluding steroid dienone is 7. The second-order valence-electron chi connectivity index (χ2n) is 11.9. The SMILES string of the molecule is C=C(/C=C/C=C/C=C(/C)C(C)(C)c1c(C)ccc2c(S(=O)(=O)O)cc(S(=O)(=O)O)cc12)C(C)(C)c1cc(C(=O)O)ccc1C. The first-order chi connectivity index (χ1) is 20.1. The van der Waals surface area contributed by atoms with Crippen LogP contribution in [-0.4, -0.2) is 37.0 Å². The highest BCUT2D eigenvalue weighted by molar-refractivity contribution is 7.86. The molecule has 3 rings (SSSR count). The zero-order chi connectivity index (χ0) is 33.4. The van der Waals surface area contributed by atoms with Gasteiger partial charge in [-0.2, -0.15) is 16.8 Å². The van der Waals surface area contributed by atoms with Gasteiger partial charge in [-0.15, -0.1) is 0 Å². The second-order valence-corrected chi connectivity index (χ2v) is 14.7. The third-order valence-corrected chi connectivity index (χ3v) is 10.0. The normalized spacial score (nSPS) is 13.7. The lowest BCUT2D eigenvalue weighted by atomic mass is 9.74. The van der Waals surface area contributed by atoms with E-state index in [1.165, 1.54) is 12.1 Å². The maximum absolute atomic E-state index is 12.2. The van der Waals surface area contributed by atoms with Crippen molar-refractivity contribution in [3.63, 3.8) is 0 Å². The standard InChI is InChI=1S/C34H38O8S2/c1-21-14-16-25(32(35)36)18-29(21)33(5,6)23(3)12-10-9-11-13-24(4)34(7,8)31-22(2)15-17-27-28(31)19-26(43(37,38)39)20-30(27)44(40,41)42/h9-20H,3H2,1-2,4-8H3,(H,35,36)(H,37,38,39)(H,40,41,42)/b11-9+,12-10+,24-13-. The third-order valence-electron chi connectivity index (χ3n) is 8.29. The van der Waals surface area contributed by atoms with Crippen molar-refractivity contribution >= 4 is 37.0 Å². The summed E-state index contributed by atoms with van der Waals surface area (Å²) in [4.78, 5) is 10.2. The van der Waals surface area contributed by atoms with Crippen LogP contribution in [0.3, 0.4) is 0 Å². The molecule has 0 bridgehead atoms. The molecule has 8 nitrogen and oxygen atoms in total. The van der Waals surface area contributed by atoms with E-state index in [9.17, 15) is 35.8 Å². The Kier molecular flexibility index (Phi) is 9.67. The summed E-state index contributed by atoms with van der Waals surface area (Å²) < 4.78 is 68.0. The van der Waals surface area contributed by atoms with Gasteiger partial charge in [-0.1, -0.05) is 88.4 Å². The van der Waals surface area contributed by atoms with Gasteiger partial charge >= 0.3 is 5.97 Å². The van der Waals surface area contributed by atoms with Crippen LogP contribution in [-0.2, 0) is 31.1 Å². The van der Waals surface area contributed by atoms with E-state index in [2.05, 4.69) is 6.58 Å². The average molecular weight is 639 g/mol. The van der Waals surface area contributed by atoms with Crippen LogP contribution < -0.4 is 0 Å². The largest absolute Gasteiger partial charge is 0.478 e. The molecule has 0 amide bonds. The highest BCUT2D eigenvalue weighted by Crippen LogP contribution is 2.41. The predicted octanol–water partition coefficient (Wildman–Crippen LogP) is 7.52. The number of aromatic carboxylic acids is 1. The van der Waals surface area contributed by atoms with Gasteiger partial charge in [0.2, 0.25) is 0 Å². The predicted molar refractivity (Wildman–Crippen MR) is 174 cm³/mol. The highest BCUT2D eigenvalue weighted by atomic mass is 32.2. The zero-order valence-corrected chi connectivity index (χ0v) is 27.5. The fourth-order valence-corrected chi connectivity index (χ4v) is 6.67. The maximum atomic E-state index is 12.2. The average Bonchev–Trinajstić information content (AvgIpc) is 2.90. The molecule has 0 aromatic heterocycles. The van der Waals surface area contributed by atoms with Crippen molar-refractivity contribution in [1.82, 2.24) is 0 Å². The Balaban J connectivity index is 2.00. The van der Waals surface area contributed by atoms with Crippen molar-refractivity contribution in [2.75, 3.05) is 0 Å². The number of carbonyl (C=O) groups is 1. The quantitative estimate of drug-likeness (QED) is 0.153. The van der Waals surface area contributed by atoms with E-state index >= 15 is 0 Å². The smallest absolute Gasteiger partial charge is 0.335 e. The summed E-state index contributed by atoms with van der Waals surface area (Å²) in [7, 11) is -9.59. The van der Waals surface area contributed by atoms with Gasteiger partial charge in [-0.05, 0) is 78.2 Å². The summed E-state index contributed by atoms with van der Waals surface area (Å²) >= 11 is 0. The first-order valence-electron chi connectivity index (χ1n) is 13.7. The molecule has 0 heterocycles. The molecule has 0 spiro atoms. The summed E-state index contributed by atoms with van der Waals surface area (Å²) in [5.74, 6) is -0.993.